The largest absolute Gasteiger partial charge is 0.465 e. The van der Waals surface area contributed by atoms with Gasteiger partial charge < -0.3 is 15.4 Å². The number of methoxy groups -OCH3 is 1. The molecule has 0 heterocycles. The van der Waals surface area contributed by atoms with E-state index in [9.17, 15) is 14.4 Å². The SMILES string of the molecule is COC(=O)c1ccc(/C=C/C(=O)NCc2ccc(NC(=O)C(C)C)cc2)cc1. The summed E-state index contributed by atoms with van der Waals surface area (Å²) in [6.45, 7) is 4.04. The van der Waals surface area contributed by atoms with Crippen LogP contribution in [0.25, 0.3) is 6.08 Å². The Morgan fingerprint density at radius 2 is 1.64 bits per heavy atom. The van der Waals surface area contributed by atoms with Crippen molar-refractivity contribution in [1.29, 1.82) is 0 Å². The van der Waals surface area contributed by atoms with Crippen LogP contribution in [0.3, 0.4) is 0 Å². The molecule has 0 atom stereocenters. The number of carbonyl (C=O) groups excluding carboxylic acids is 3. The lowest BCUT2D eigenvalue weighted by Gasteiger charge is -2.08. The summed E-state index contributed by atoms with van der Waals surface area (Å²) in [5, 5.41) is 5.62. The zero-order chi connectivity index (χ0) is 20.5. The molecule has 6 nitrogen and oxygen atoms in total. The van der Waals surface area contributed by atoms with Crippen LogP contribution in [0.1, 0.15) is 35.3 Å². The average Bonchev–Trinajstić information content (AvgIpc) is 2.71. The van der Waals surface area contributed by atoms with Crippen LogP contribution in [0.5, 0.6) is 0 Å². The van der Waals surface area contributed by atoms with Crippen molar-refractivity contribution < 1.29 is 19.1 Å². The smallest absolute Gasteiger partial charge is 0.337 e. The summed E-state index contributed by atoms with van der Waals surface area (Å²) in [5.74, 6) is -0.745. The van der Waals surface area contributed by atoms with E-state index in [1.807, 2.05) is 26.0 Å². The molecule has 0 saturated carbocycles. The molecule has 0 fully saturated rings. The highest BCUT2D eigenvalue weighted by atomic mass is 16.5. The maximum atomic E-state index is 12.0. The van der Waals surface area contributed by atoms with E-state index in [1.165, 1.54) is 13.2 Å². The molecular formula is C22H24N2O4. The lowest BCUT2D eigenvalue weighted by atomic mass is 10.1. The van der Waals surface area contributed by atoms with Crippen LogP contribution in [-0.2, 0) is 20.9 Å². The Balaban J connectivity index is 1.84. The molecule has 2 aromatic carbocycles. The minimum atomic E-state index is -0.400. The average molecular weight is 380 g/mol. The van der Waals surface area contributed by atoms with Crippen LogP contribution in [-0.4, -0.2) is 24.9 Å². The highest BCUT2D eigenvalue weighted by Gasteiger charge is 2.07. The number of amides is 2. The van der Waals surface area contributed by atoms with Crippen LogP contribution < -0.4 is 10.6 Å². The van der Waals surface area contributed by atoms with Gasteiger partial charge in [-0.05, 0) is 41.5 Å². The van der Waals surface area contributed by atoms with Gasteiger partial charge in [0.15, 0.2) is 0 Å². The lowest BCUT2D eigenvalue weighted by molar-refractivity contribution is -0.119. The van der Waals surface area contributed by atoms with Gasteiger partial charge in [0.25, 0.3) is 0 Å². The molecule has 0 aliphatic carbocycles. The number of esters is 1. The molecule has 2 amide bonds. The molecule has 28 heavy (non-hydrogen) atoms. The van der Waals surface area contributed by atoms with Gasteiger partial charge in [-0.3, -0.25) is 9.59 Å². The van der Waals surface area contributed by atoms with E-state index in [4.69, 9.17) is 0 Å². The molecular weight excluding hydrogens is 356 g/mol. The number of rotatable bonds is 7. The fourth-order valence-electron chi connectivity index (χ4n) is 2.26. The number of hydrogen-bond acceptors (Lipinski definition) is 4. The second kappa shape index (κ2) is 10.1. The third kappa shape index (κ3) is 6.39. The molecule has 0 aromatic heterocycles. The monoisotopic (exact) mass is 380 g/mol. The number of carbonyl (C=O) groups is 3. The molecule has 2 rings (SSSR count). The molecule has 0 radical (unpaired) electrons. The summed E-state index contributed by atoms with van der Waals surface area (Å²) in [6, 6.07) is 14.1. The Kier molecular flexibility index (Phi) is 7.51. The second-order valence-electron chi connectivity index (χ2n) is 6.51. The summed E-state index contributed by atoms with van der Waals surface area (Å²) >= 11 is 0. The van der Waals surface area contributed by atoms with Gasteiger partial charge in [-0.15, -0.1) is 0 Å². The molecule has 0 aliphatic heterocycles. The van der Waals surface area contributed by atoms with Crippen LogP contribution in [0.4, 0.5) is 5.69 Å². The fraction of sp³-hybridized carbons (Fsp3) is 0.227. The van der Waals surface area contributed by atoms with Crippen molar-refractivity contribution in [1.82, 2.24) is 5.32 Å². The van der Waals surface area contributed by atoms with Gasteiger partial charge in [-0.2, -0.15) is 0 Å². The molecule has 6 heteroatoms. The van der Waals surface area contributed by atoms with Gasteiger partial charge in [0.2, 0.25) is 11.8 Å². The van der Waals surface area contributed by atoms with Gasteiger partial charge in [-0.1, -0.05) is 38.1 Å². The van der Waals surface area contributed by atoms with Crippen molar-refractivity contribution in [3.63, 3.8) is 0 Å². The van der Waals surface area contributed by atoms with E-state index in [0.717, 1.165) is 16.8 Å². The lowest BCUT2D eigenvalue weighted by Crippen LogP contribution is -2.20. The maximum Gasteiger partial charge on any atom is 0.337 e. The van der Waals surface area contributed by atoms with Crippen LogP contribution in [0, 0.1) is 5.92 Å². The van der Waals surface area contributed by atoms with E-state index in [2.05, 4.69) is 15.4 Å². The Hall–Kier alpha value is -3.41. The first-order valence-corrected chi connectivity index (χ1v) is 8.93. The van der Waals surface area contributed by atoms with Gasteiger partial charge >= 0.3 is 5.97 Å². The summed E-state index contributed by atoms with van der Waals surface area (Å²) < 4.78 is 4.64. The maximum absolute atomic E-state index is 12.0. The fourth-order valence-corrected chi connectivity index (χ4v) is 2.26. The summed E-state index contributed by atoms with van der Waals surface area (Å²) in [6.07, 6.45) is 3.10. The zero-order valence-corrected chi connectivity index (χ0v) is 16.2. The first kappa shape index (κ1) is 20.9. The van der Waals surface area contributed by atoms with Gasteiger partial charge in [0.1, 0.15) is 0 Å². The number of benzene rings is 2. The Morgan fingerprint density at radius 1 is 1.00 bits per heavy atom. The third-order valence-electron chi connectivity index (χ3n) is 3.97. The van der Waals surface area contributed by atoms with Crippen molar-refractivity contribution in [3.05, 3.63) is 71.3 Å². The van der Waals surface area contributed by atoms with Crippen molar-refractivity contribution in [3.8, 4) is 0 Å². The number of hydrogen-bond donors (Lipinski definition) is 2. The van der Waals surface area contributed by atoms with Crippen molar-refractivity contribution >= 4 is 29.5 Å². The van der Waals surface area contributed by atoms with E-state index in [0.29, 0.717) is 12.1 Å². The predicted molar refractivity (Wildman–Crippen MR) is 109 cm³/mol. The summed E-state index contributed by atoms with van der Waals surface area (Å²) in [4.78, 5) is 35.0. The Morgan fingerprint density at radius 3 is 2.21 bits per heavy atom. The van der Waals surface area contributed by atoms with Crippen LogP contribution >= 0.6 is 0 Å². The molecule has 0 spiro atoms. The molecule has 2 N–H and O–H groups in total. The quantitative estimate of drug-likeness (QED) is 0.570. The van der Waals surface area contributed by atoms with Gasteiger partial charge in [-0.25, -0.2) is 4.79 Å². The standard InChI is InChI=1S/C22H24N2O4/c1-15(2)21(26)24-19-11-6-17(7-12-19)14-23-20(25)13-8-16-4-9-18(10-5-16)22(27)28-3/h4-13,15H,14H2,1-3H3,(H,23,25)(H,24,26)/b13-8+. The topological polar surface area (TPSA) is 84.5 Å². The molecule has 146 valence electrons. The van der Waals surface area contributed by atoms with E-state index < -0.39 is 5.97 Å². The van der Waals surface area contributed by atoms with Gasteiger partial charge in [0, 0.05) is 24.2 Å². The number of anilines is 1. The van der Waals surface area contributed by atoms with E-state index in [-0.39, 0.29) is 17.7 Å². The highest BCUT2D eigenvalue weighted by Crippen LogP contribution is 2.11. The highest BCUT2D eigenvalue weighted by molar-refractivity contribution is 5.93. The van der Waals surface area contributed by atoms with E-state index in [1.54, 1.807) is 42.5 Å². The molecule has 0 aliphatic rings. The van der Waals surface area contributed by atoms with E-state index >= 15 is 0 Å². The van der Waals surface area contributed by atoms with Crippen molar-refractivity contribution in [2.24, 2.45) is 5.92 Å². The normalized spacial score (nSPS) is 10.7. The molecule has 0 bridgehead atoms. The number of ether oxygens (including phenoxy) is 1. The first-order valence-electron chi connectivity index (χ1n) is 8.93. The minimum absolute atomic E-state index is 0.0363. The van der Waals surface area contributed by atoms with Crippen LogP contribution in [0.2, 0.25) is 0 Å². The first-order chi connectivity index (χ1) is 13.4. The zero-order valence-electron chi connectivity index (χ0n) is 16.2. The predicted octanol–water partition coefficient (Wildman–Crippen LogP) is 3.40. The molecule has 0 unspecified atom stereocenters. The summed E-state index contributed by atoms with van der Waals surface area (Å²) in [7, 11) is 1.33. The Bertz CT molecular complexity index is 853. The second-order valence-corrected chi connectivity index (χ2v) is 6.51. The van der Waals surface area contributed by atoms with Gasteiger partial charge in [0.05, 0.1) is 12.7 Å². The van der Waals surface area contributed by atoms with Crippen LogP contribution in [0.15, 0.2) is 54.6 Å². The van der Waals surface area contributed by atoms with Crippen molar-refractivity contribution in [2.75, 3.05) is 12.4 Å². The van der Waals surface area contributed by atoms with Crippen molar-refractivity contribution in [2.45, 2.75) is 20.4 Å². The summed E-state index contributed by atoms with van der Waals surface area (Å²) in [5.41, 5.74) is 2.90. The third-order valence-corrected chi connectivity index (χ3v) is 3.97. The molecule has 2 aromatic rings. The molecule has 0 saturated heterocycles. The Labute approximate surface area is 164 Å². The number of nitrogens with one attached hydrogen (secondary N) is 2. The minimum Gasteiger partial charge on any atom is -0.465 e.